The van der Waals surface area contributed by atoms with Gasteiger partial charge < -0.3 is 10.2 Å². The smallest absolute Gasteiger partial charge is 0.245 e. The van der Waals surface area contributed by atoms with E-state index in [1.165, 1.54) is 38.5 Å². The number of amides is 2. The van der Waals surface area contributed by atoms with Crippen molar-refractivity contribution in [3.63, 3.8) is 0 Å². The van der Waals surface area contributed by atoms with E-state index in [0.717, 1.165) is 19.4 Å². The summed E-state index contributed by atoms with van der Waals surface area (Å²) in [4.78, 5) is 25.9. The van der Waals surface area contributed by atoms with Gasteiger partial charge in [0.15, 0.2) is 0 Å². The Labute approximate surface area is 129 Å². The van der Waals surface area contributed by atoms with Crippen LogP contribution in [0.4, 0.5) is 0 Å². The first kappa shape index (κ1) is 18.0. The fourth-order valence-electron chi connectivity index (χ4n) is 2.88. The van der Waals surface area contributed by atoms with Gasteiger partial charge in [-0.2, -0.15) is 0 Å². The molecule has 0 aromatic carbocycles. The Bertz CT molecular complexity index is 331. The van der Waals surface area contributed by atoms with Crippen LogP contribution in [0.25, 0.3) is 0 Å². The summed E-state index contributed by atoms with van der Waals surface area (Å²) in [6.45, 7) is 6.71. The van der Waals surface area contributed by atoms with Crippen molar-refractivity contribution >= 4 is 11.8 Å². The van der Waals surface area contributed by atoms with E-state index in [1.54, 1.807) is 4.90 Å². The van der Waals surface area contributed by atoms with E-state index >= 15 is 0 Å². The summed E-state index contributed by atoms with van der Waals surface area (Å²) in [6, 6.07) is -0.632. The summed E-state index contributed by atoms with van der Waals surface area (Å²) in [5.74, 6) is 0.0774. The quantitative estimate of drug-likeness (QED) is 0.629. The van der Waals surface area contributed by atoms with Crippen molar-refractivity contribution in [1.29, 1.82) is 0 Å². The van der Waals surface area contributed by atoms with Crippen LogP contribution in [0.3, 0.4) is 0 Å². The second kappa shape index (κ2) is 9.80. The number of hydrogen-bond acceptors (Lipinski definition) is 2. The largest absolute Gasteiger partial charge is 0.343 e. The number of rotatable bonds is 10. The van der Waals surface area contributed by atoms with Crippen molar-refractivity contribution in [2.45, 2.75) is 90.6 Å². The summed E-state index contributed by atoms with van der Waals surface area (Å²) >= 11 is 0. The average molecular weight is 296 g/mol. The molecule has 1 rings (SSSR count). The van der Waals surface area contributed by atoms with Crippen LogP contribution >= 0.6 is 0 Å². The highest BCUT2D eigenvalue weighted by atomic mass is 16.2. The van der Waals surface area contributed by atoms with Gasteiger partial charge in [0.25, 0.3) is 0 Å². The van der Waals surface area contributed by atoms with Crippen LogP contribution in [0.5, 0.6) is 0 Å². The highest BCUT2D eigenvalue weighted by Crippen LogP contribution is 2.14. The van der Waals surface area contributed by atoms with E-state index in [-0.39, 0.29) is 23.9 Å². The van der Waals surface area contributed by atoms with Crippen molar-refractivity contribution in [1.82, 2.24) is 10.2 Å². The second-order valence-electron chi connectivity index (χ2n) is 6.15. The van der Waals surface area contributed by atoms with Crippen LogP contribution in [0.1, 0.15) is 78.6 Å². The summed E-state index contributed by atoms with van der Waals surface area (Å²) in [6.07, 6.45) is 10.7. The zero-order valence-electron chi connectivity index (χ0n) is 14.0. The lowest BCUT2D eigenvalue weighted by Crippen LogP contribution is -2.62. The van der Waals surface area contributed by atoms with E-state index < -0.39 is 0 Å². The number of nitrogens with zero attached hydrogens (tertiary/aromatic N) is 1. The predicted molar refractivity (Wildman–Crippen MR) is 86.0 cm³/mol. The van der Waals surface area contributed by atoms with E-state index in [2.05, 4.69) is 12.2 Å². The number of unbranched alkanes of at least 4 members (excludes halogenated alkanes) is 7. The lowest BCUT2D eigenvalue weighted by atomic mass is 10.0. The third kappa shape index (κ3) is 5.68. The molecule has 2 amide bonds. The maximum absolute atomic E-state index is 12.3. The molecule has 122 valence electrons. The lowest BCUT2D eigenvalue weighted by Gasteiger charge is -2.37. The highest BCUT2D eigenvalue weighted by Gasteiger charge is 2.36. The highest BCUT2D eigenvalue weighted by molar-refractivity contribution is 5.96. The number of piperazine rings is 1. The molecule has 0 aliphatic carbocycles. The lowest BCUT2D eigenvalue weighted by molar-refractivity contribution is -0.148. The van der Waals surface area contributed by atoms with Crippen LogP contribution < -0.4 is 5.32 Å². The summed E-state index contributed by atoms with van der Waals surface area (Å²) in [5, 5.41) is 2.80. The minimum Gasteiger partial charge on any atom is -0.343 e. The predicted octanol–water partition coefficient (Wildman–Crippen LogP) is 3.25. The molecule has 2 unspecified atom stereocenters. The van der Waals surface area contributed by atoms with Crippen LogP contribution in [0, 0.1) is 0 Å². The number of nitrogens with one attached hydrogen (secondary N) is 1. The molecule has 0 radical (unpaired) electrons. The van der Waals surface area contributed by atoms with E-state index in [9.17, 15) is 9.59 Å². The van der Waals surface area contributed by atoms with Crippen molar-refractivity contribution in [3.05, 3.63) is 0 Å². The molecule has 0 saturated carbocycles. The van der Waals surface area contributed by atoms with Crippen LogP contribution in [0.2, 0.25) is 0 Å². The van der Waals surface area contributed by atoms with Gasteiger partial charge in [0.05, 0.1) is 0 Å². The van der Waals surface area contributed by atoms with E-state index in [1.807, 2.05) is 13.8 Å². The SMILES string of the molecule is CCCCCCCCCCN1C(=O)C(CC)NC(=O)C1C. The van der Waals surface area contributed by atoms with Gasteiger partial charge >= 0.3 is 0 Å². The topological polar surface area (TPSA) is 49.4 Å². The van der Waals surface area contributed by atoms with Crippen LogP contribution in [-0.2, 0) is 9.59 Å². The van der Waals surface area contributed by atoms with Gasteiger partial charge in [0.2, 0.25) is 11.8 Å². The fraction of sp³-hybridized carbons (Fsp3) is 0.882. The molecule has 1 N–H and O–H groups in total. The van der Waals surface area contributed by atoms with Crippen LogP contribution in [-0.4, -0.2) is 35.3 Å². The first-order valence-electron chi connectivity index (χ1n) is 8.72. The standard InChI is InChI=1S/C17H32N2O2/c1-4-6-7-8-9-10-11-12-13-19-14(3)16(20)18-15(5-2)17(19)21/h14-15H,4-13H2,1-3H3,(H,18,20). The van der Waals surface area contributed by atoms with Gasteiger partial charge in [-0.1, -0.05) is 58.8 Å². The Hall–Kier alpha value is -1.06. The molecule has 2 atom stereocenters. The number of hydrogen-bond donors (Lipinski definition) is 1. The molecule has 1 heterocycles. The molecule has 21 heavy (non-hydrogen) atoms. The van der Waals surface area contributed by atoms with Gasteiger partial charge in [0, 0.05) is 6.54 Å². The summed E-state index contributed by atoms with van der Waals surface area (Å²) in [7, 11) is 0. The molecule has 0 spiro atoms. The van der Waals surface area contributed by atoms with E-state index in [0.29, 0.717) is 6.42 Å². The number of carbonyl (C=O) groups excluding carboxylic acids is 2. The minimum absolute atomic E-state index is 0.0129. The zero-order valence-corrected chi connectivity index (χ0v) is 14.0. The normalized spacial score (nSPS) is 22.5. The molecule has 1 saturated heterocycles. The second-order valence-corrected chi connectivity index (χ2v) is 6.15. The Morgan fingerprint density at radius 2 is 1.52 bits per heavy atom. The summed E-state index contributed by atoms with van der Waals surface area (Å²) < 4.78 is 0. The molecule has 1 aliphatic heterocycles. The zero-order chi connectivity index (χ0) is 15.7. The molecular formula is C17H32N2O2. The maximum Gasteiger partial charge on any atom is 0.245 e. The van der Waals surface area contributed by atoms with Gasteiger partial charge in [0.1, 0.15) is 12.1 Å². The number of carbonyl (C=O) groups is 2. The molecule has 4 heteroatoms. The van der Waals surface area contributed by atoms with Crippen molar-refractivity contribution in [2.24, 2.45) is 0 Å². The van der Waals surface area contributed by atoms with Gasteiger partial charge in [-0.05, 0) is 19.8 Å². The van der Waals surface area contributed by atoms with Crippen molar-refractivity contribution < 1.29 is 9.59 Å². The first-order chi connectivity index (χ1) is 10.1. The van der Waals surface area contributed by atoms with Crippen molar-refractivity contribution in [3.8, 4) is 0 Å². The molecule has 1 fully saturated rings. The monoisotopic (exact) mass is 296 g/mol. The molecule has 4 nitrogen and oxygen atoms in total. The minimum atomic E-state index is -0.317. The van der Waals surface area contributed by atoms with Gasteiger partial charge in [-0.3, -0.25) is 9.59 Å². The molecule has 0 aromatic heterocycles. The summed E-state index contributed by atoms with van der Waals surface area (Å²) in [5.41, 5.74) is 0. The van der Waals surface area contributed by atoms with Gasteiger partial charge in [-0.15, -0.1) is 0 Å². The van der Waals surface area contributed by atoms with Gasteiger partial charge in [-0.25, -0.2) is 0 Å². The van der Waals surface area contributed by atoms with Crippen molar-refractivity contribution in [2.75, 3.05) is 6.54 Å². The third-order valence-electron chi connectivity index (χ3n) is 4.41. The maximum atomic E-state index is 12.3. The molecule has 0 aromatic rings. The Balaban J connectivity index is 2.23. The Morgan fingerprint density at radius 1 is 0.952 bits per heavy atom. The van der Waals surface area contributed by atoms with E-state index in [4.69, 9.17) is 0 Å². The third-order valence-corrected chi connectivity index (χ3v) is 4.41. The average Bonchev–Trinajstić information content (AvgIpc) is 2.48. The Morgan fingerprint density at radius 3 is 2.10 bits per heavy atom. The molecule has 1 aliphatic rings. The van der Waals surface area contributed by atoms with Crippen LogP contribution in [0.15, 0.2) is 0 Å². The molecular weight excluding hydrogens is 264 g/mol. The first-order valence-corrected chi connectivity index (χ1v) is 8.72. The fourth-order valence-corrected chi connectivity index (χ4v) is 2.88. The Kier molecular flexibility index (Phi) is 8.40. The molecule has 0 bridgehead atoms.